The third-order valence-electron chi connectivity index (χ3n) is 2.55. The van der Waals surface area contributed by atoms with Crippen molar-refractivity contribution in [1.82, 2.24) is 4.89 Å². The van der Waals surface area contributed by atoms with Gasteiger partial charge in [-0.05, 0) is 16.9 Å². The van der Waals surface area contributed by atoms with Crippen LogP contribution in [0.4, 0.5) is 0 Å². The molecule has 1 aromatic carbocycles. The van der Waals surface area contributed by atoms with Crippen LogP contribution in [0, 0.1) is 0 Å². The van der Waals surface area contributed by atoms with Crippen LogP contribution in [0.15, 0.2) is 30.3 Å². The van der Waals surface area contributed by atoms with E-state index in [9.17, 15) is 9.00 Å². The molecule has 0 bridgehead atoms. The fourth-order valence-electron chi connectivity index (χ4n) is 1.66. The standard InChI is InChI=1S/C12H17NO4S/c1-2-3-9-11(10-7-5-4-6-8-10)12(14)17-13-18(15)16/h4-8,11,13H,2-3,9H2,1H3,(H,15,16). The maximum absolute atomic E-state index is 11.8. The Morgan fingerprint density at radius 1 is 1.44 bits per heavy atom. The van der Waals surface area contributed by atoms with Crippen molar-refractivity contribution < 1.29 is 18.4 Å². The highest BCUT2D eigenvalue weighted by Crippen LogP contribution is 2.23. The second-order valence-electron chi connectivity index (χ2n) is 3.86. The number of rotatable bonds is 7. The maximum atomic E-state index is 11.8. The van der Waals surface area contributed by atoms with Gasteiger partial charge in [-0.2, -0.15) is 0 Å². The highest BCUT2D eigenvalue weighted by molar-refractivity contribution is 7.76. The molecule has 2 unspecified atom stereocenters. The quantitative estimate of drug-likeness (QED) is 0.588. The van der Waals surface area contributed by atoms with Gasteiger partial charge in [0.25, 0.3) is 11.3 Å². The van der Waals surface area contributed by atoms with E-state index in [0.717, 1.165) is 18.4 Å². The summed E-state index contributed by atoms with van der Waals surface area (Å²) in [5.41, 5.74) is 0.849. The van der Waals surface area contributed by atoms with Crippen molar-refractivity contribution >= 4 is 17.2 Å². The van der Waals surface area contributed by atoms with Gasteiger partial charge in [-0.3, -0.25) is 4.55 Å². The first-order valence-corrected chi connectivity index (χ1v) is 6.88. The van der Waals surface area contributed by atoms with Crippen molar-refractivity contribution in [2.24, 2.45) is 0 Å². The number of nitrogens with one attached hydrogen (secondary N) is 1. The second-order valence-corrected chi connectivity index (χ2v) is 4.52. The molecule has 0 spiro atoms. The lowest BCUT2D eigenvalue weighted by Crippen LogP contribution is -2.26. The van der Waals surface area contributed by atoms with Crippen LogP contribution < -0.4 is 4.89 Å². The topological polar surface area (TPSA) is 75.6 Å². The van der Waals surface area contributed by atoms with E-state index in [1.807, 2.05) is 37.3 Å². The second kappa shape index (κ2) is 7.97. The van der Waals surface area contributed by atoms with Gasteiger partial charge in [0, 0.05) is 0 Å². The minimum atomic E-state index is -2.36. The molecule has 1 rings (SSSR count). The van der Waals surface area contributed by atoms with Gasteiger partial charge in [-0.15, -0.1) is 0 Å². The lowest BCUT2D eigenvalue weighted by molar-refractivity contribution is -0.149. The SMILES string of the molecule is CCCCC(C(=O)ONS(=O)O)c1ccccc1. The summed E-state index contributed by atoms with van der Waals surface area (Å²) in [5.74, 6) is -0.959. The maximum Gasteiger partial charge on any atom is 0.333 e. The van der Waals surface area contributed by atoms with Crippen molar-refractivity contribution in [1.29, 1.82) is 0 Å². The summed E-state index contributed by atoms with van der Waals surface area (Å²) in [6.45, 7) is 2.04. The highest BCUT2D eigenvalue weighted by atomic mass is 32.2. The summed E-state index contributed by atoms with van der Waals surface area (Å²) >= 11 is -2.36. The molecular weight excluding hydrogens is 254 g/mol. The Labute approximate surface area is 109 Å². The lowest BCUT2D eigenvalue weighted by Gasteiger charge is -2.14. The molecule has 2 N–H and O–H groups in total. The molecule has 0 saturated heterocycles. The Morgan fingerprint density at radius 2 is 2.11 bits per heavy atom. The molecular formula is C12H17NO4S. The number of carbonyl (C=O) groups is 1. The van der Waals surface area contributed by atoms with Gasteiger partial charge in [-0.25, -0.2) is 9.00 Å². The molecule has 0 aliphatic rings. The van der Waals surface area contributed by atoms with Gasteiger partial charge < -0.3 is 4.84 Å². The summed E-state index contributed by atoms with van der Waals surface area (Å²) in [6.07, 6.45) is 2.51. The van der Waals surface area contributed by atoms with E-state index in [1.165, 1.54) is 0 Å². The molecule has 0 aromatic heterocycles. The average Bonchev–Trinajstić information content (AvgIpc) is 2.38. The zero-order valence-electron chi connectivity index (χ0n) is 10.2. The highest BCUT2D eigenvalue weighted by Gasteiger charge is 2.22. The number of hydrogen-bond acceptors (Lipinski definition) is 3. The van der Waals surface area contributed by atoms with Crippen molar-refractivity contribution in [3.05, 3.63) is 35.9 Å². The Kier molecular flexibility index (Phi) is 6.56. The van der Waals surface area contributed by atoms with Gasteiger partial charge in [0.1, 0.15) is 0 Å². The number of hydrogen-bond donors (Lipinski definition) is 2. The first-order chi connectivity index (χ1) is 8.65. The Bertz CT molecular complexity index is 396. The van der Waals surface area contributed by atoms with E-state index in [0.29, 0.717) is 6.42 Å². The summed E-state index contributed by atoms with van der Waals surface area (Å²) in [4.78, 5) is 18.2. The first-order valence-electron chi connectivity index (χ1n) is 5.77. The van der Waals surface area contributed by atoms with E-state index < -0.39 is 23.2 Å². The summed E-state index contributed by atoms with van der Waals surface area (Å²) in [7, 11) is 0. The molecule has 5 nitrogen and oxygen atoms in total. The Hall–Kier alpha value is -1.24. The predicted molar refractivity (Wildman–Crippen MR) is 68.7 cm³/mol. The number of benzene rings is 1. The van der Waals surface area contributed by atoms with Gasteiger partial charge in [0.2, 0.25) is 0 Å². The molecule has 2 atom stereocenters. The molecule has 6 heteroatoms. The van der Waals surface area contributed by atoms with Crippen LogP contribution in [-0.4, -0.2) is 14.7 Å². The smallest absolute Gasteiger partial charge is 0.333 e. The molecule has 0 saturated carbocycles. The van der Waals surface area contributed by atoms with Crippen LogP contribution in [0.3, 0.4) is 0 Å². The summed E-state index contributed by atoms with van der Waals surface area (Å²) in [5, 5.41) is 0. The molecule has 0 fully saturated rings. The monoisotopic (exact) mass is 271 g/mol. The van der Waals surface area contributed by atoms with Crippen molar-refractivity contribution in [3.63, 3.8) is 0 Å². The zero-order valence-corrected chi connectivity index (χ0v) is 11.0. The lowest BCUT2D eigenvalue weighted by atomic mass is 9.94. The molecule has 1 aromatic rings. The van der Waals surface area contributed by atoms with Gasteiger partial charge in [-0.1, -0.05) is 50.1 Å². The van der Waals surface area contributed by atoms with E-state index in [2.05, 4.69) is 4.84 Å². The van der Waals surface area contributed by atoms with Crippen LogP contribution in [0.2, 0.25) is 0 Å². The van der Waals surface area contributed by atoms with Crippen molar-refractivity contribution in [2.75, 3.05) is 0 Å². The van der Waals surface area contributed by atoms with Crippen LogP contribution in [0.5, 0.6) is 0 Å². The largest absolute Gasteiger partial charge is 0.355 e. The minimum Gasteiger partial charge on any atom is -0.355 e. The van der Waals surface area contributed by atoms with Gasteiger partial charge >= 0.3 is 5.97 Å². The van der Waals surface area contributed by atoms with Crippen LogP contribution in [0.1, 0.15) is 37.7 Å². The molecule has 0 heterocycles. The van der Waals surface area contributed by atoms with Gasteiger partial charge in [0.15, 0.2) is 0 Å². The fraction of sp³-hybridized carbons (Fsp3) is 0.417. The minimum absolute atomic E-state index is 0.415. The molecule has 18 heavy (non-hydrogen) atoms. The Balaban J connectivity index is 2.71. The van der Waals surface area contributed by atoms with Crippen molar-refractivity contribution in [3.8, 4) is 0 Å². The molecule has 100 valence electrons. The third kappa shape index (κ3) is 4.95. The third-order valence-corrected chi connectivity index (χ3v) is 2.77. The first kappa shape index (κ1) is 14.8. The summed E-state index contributed by atoms with van der Waals surface area (Å²) in [6, 6.07) is 9.25. The molecule has 0 aliphatic heterocycles. The molecule has 0 amide bonds. The van der Waals surface area contributed by atoms with E-state index in [1.54, 1.807) is 4.89 Å². The zero-order chi connectivity index (χ0) is 13.4. The Morgan fingerprint density at radius 3 is 2.67 bits per heavy atom. The number of unbranched alkanes of at least 4 members (excludes halogenated alkanes) is 1. The molecule has 0 aliphatic carbocycles. The van der Waals surface area contributed by atoms with Crippen LogP contribution in [-0.2, 0) is 20.9 Å². The number of carbonyl (C=O) groups excluding carboxylic acids is 1. The van der Waals surface area contributed by atoms with E-state index in [4.69, 9.17) is 4.55 Å². The average molecular weight is 271 g/mol. The van der Waals surface area contributed by atoms with E-state index >= 15 is 0 Å². The summed E-state index contributed by atoms with van der Waals surface area (Å²) < 4.78 is 18.9. The van der Waals surface area contributed by atoms with Crippen LogP contribution in [0.25, 0.3) is 0 Å². The molecule has 0 radical (unpaired) electrons. The van der Waals surface area contributed by atoms with Crippen molar-refractivity contribution in [2.45, 2.75) is 32.1 Å². The predicted octanol–water partition coefficient (Wildman–Crippen LogP) is 2.14. The van der Waals surface area contributed by atoms with E-state index in [-0.39, 0.29) is 0 Å². The fourth-order valence-corrected chi connectivity index (χ4v) is 1.82. The van der Waals surface area contributed by atoms with Crippen LogP contribution >= 0.6 is 0 Å². The van der Waals surface area contributed by atoms with Gasteiger partial charge in [0.05, 0.1) is 5.92 Å². The normalized spacial score (nSPS) is 13.9.